The number of piperidine rings is 1. The first kappa shape index (κ1) is 23.4. The highest BCUT2D eigenvalue weighted by molar-refractivity contribution is 7.88. The Morgan fingerprint density at radius 3 is 2.76 bits per heavy atom. The van der Waals surface area contributed by atoms with Gasteiger partial charge in [0.05, 0.1) is 23.7 Å². The van der Waals surface area contributed by atoms with E-state index in [1.807, 2.05) is 11.8 Å². The van der Waals surface area contributed by atoms with E-state index in [1.54, 1.807) is 13.0 Å². The van der Waals surface area contributed by atoms with E-state index in [1.165, 1.54) is 29.2 Å². The molecule has 3 atom stereocenters. The summed E-state index contributed by atoms with van der Waals surface area (Å²) in [6.45, 7) is 4.16. The van der Waals surface area contributed by atoms with Crippen LogP contribution >= 0.6 is 0 Å². The number of fused-ring (bicyclic) bond motifs is 1. The Labute approximate surface area is 189 Å². The van der Waals surface area contributed by atoms with Gasteiger partial charge in [0.2, 0.25) is 10.0 Å². The molecule has 33 heavy (non-hydrogen) atoms. The third-order valence-electron chi connectivity index (χ3n) is 6.11. The number of halogens is 2. The van der Waals surface area contributed by atoms with Gasteiger partial charge in [-0.25, -0.2) is 41.4 Å². The van der Waals surface area contributed by atoms with E-state index in [0.29, 0.717) is 35.8 Å². The van der Waals surface area contributed by atoms with Crippen molar-refractivity contribution in [2.75, 3.05) is 24.2 Å². The number of aromatic nitrogens is 5. The number of nitrogens with one attached hydrogen (secondary N) is 1. The highest BCUT2D eigenvalue weighted by Crippen LogP contribution is 2.35. The normalized spacial score (nSPS) is 24.0. The quantitative estimate of drug-likeness (QED) is 0.544. The second-order valence-corrected chi connectivity index (χ2v) is 10.3. The Morgan fingerprint density at radius 2 is 2.06 bits per heavy atom. The standard InChI is InChI=1S/C20H25F2N7O3S/c1-12-13(9-26-33(3,31)32)20(2,30)6-7-28(12)18-8-15(24-11-25-18)16-10-23-17-5-4-14(19(21)22)27-29(16)17/h4-5,8,10-13,19,26,30H,6-7,9H2,1-3H3. The molecule has 13 heteroatoms. The summed E-state index contributed by atoms with van der Waals surface area (Å²) in [6, 6.07) is 4.15. The van der Waals surface area contributed by atoms with Crippen molar-refractivity contribution in [1.29, 1.82) is 0 Å². The van der Waals surface area contributed by atoms with Crippen molar-refractivity contribution in [3.8, 4) is 11.4 Å². The first-order valence-electron chi connectivity index (χ1n) is 10.4. The summed E-state index contributed by atoms with van der Waals surface area (Å²) in [6.07, 6.45) is 1.64. The number of imidazole rings is 1. The van der Waals surface area contributed by atoms with E-state index in [9.17, 15) is 22.3 Å². The Balaban J connectivity index is 1.66. The van der Waals surface area contributed by atoms with Gasteiger partial charge in [-0.15, -0.1) is 0 Å². The van der Waals surface area contributed by atoms with Gasteiger partial charge in [0.15, 0.2) is 5.65 Å². The van der Waals surface area contributed by atoms with E-state index < -0.39 is 28.0 Å². The average Bonchev–Trinajstić information content (AvgIpc) is 3.16. The van der Waals surface area contributed by atoms with Crippen LogP contribution in [0.2, 0.25) is 0 Å². The number of sulfonamides is 1. The largest absolute Gasteiger partial charge is 0.390 e. The molecule has 3 aromatic rings. The maximum absolute atomic E-state index is 13.1. The summed E-state index contributed by atoms with van der Waals surface area (Å²) in [5.74, 6) is 0.165. The predicted molar refractivity (Wildman–Crippen MR) is 117 cm³/mol. The van der Waals surface area contributed by atoms with Crippen molar-refractivity contribution in [1.82, 2.24) is 29.3 Å². The monoisotopic (exact) mass is 481 g/mol. The molecule has 1 fully saturated rings. The Kier molecular flexibility index (Phi) is 6.05. The molecule has 3 unspecified atom stereocenters. The number of alkyl halides is 2. The fourth-order valence-electron chi connectivity index (χ4n) is 4.25. The van der Waals surface area contributed by atoms with Crippen molar-refractivity contribution in [2.24, 2.45) is 5.92 Å². The number of aliphatic hydroxyl groups is 1. The molecule has 0 aliphatic carbocycles. The van der Waals surface area contributed by atoms with Crippen LogP contribution in [-0.4, -0.2) is 69.1 Å². The maximum atomic E-state index is 13.1. The van der Waals surface area contributed by atoms with Crippen LogP contribution in [0.4, 0.5) is 14.6 Å². The van der Waals surface area contributed by atoms with Crippen LogP contribution in [0, 0.1) is 5.92 Å². The lowest BCUT2D eigenvalue weighted by Crippen LogP contribution is -2.59. The first-order chi connectivity index (χ1) is 15.5. The molecular formula is C20H25F2N7O3S. The Hall–Kier alpha value is -2.77. The first-order valence-corrected chi connectivity index (χ1v) is 12.2. The SMILES string of the molecule is CC1C(CNS(C)(=O)=O)C(C)(O)CCN1c1cc(-c2cnc3ccc(C(F)F)nn23)ncn1. The third-order valence-corrected chi connectivity index (χ3v) is 6.80. The van der Waals surface area contributed by atoms with E-state index in [4.69, 9.17) is 0 Å². The van der Waals surface area contributed by atoms with Gasteiger partial charge < -0.3 is 10.0 Å². The average molecular weight is 482 g/mol. The van der Waals surface area contributed by atoms with Gasteiger partial charge in [-0.1, -0.05) is 0 Å². The number of hydrogen-bond acceptors (Lipinski definition) is 8. The Morgan fingerprint density at radius 1 is 1.30 bits per heavy atom. The van der Waals surface area contributed by atoms with Crippen molar-refractivity contribution in [3.63, 3.8) is 0 Å². The number of anilines is 1. The van der Waals surface area contributed by atoms with Gasteiger partial charge in [0.25, 0.3) is 6.43 Å². The smallest absolute Gasteiger partial charge is 0.282 e. The molecule has 0 spiro atoms. The van der Waals surface area contributed by atoms with Gasteiger partial charge in [-0.2, -0.15) is 5.10 Å². The van der Waals surface area contributed by atoms with E-state index in [2.05, 4.69) is 24.8 Å². The van der Waals surface area contributed by atoms with Crippen molar-refractivity contribution in [3.05, 3.63) is 36.4 Å². The highest BCUT2D eigenvalue weighted by Gasteiger charge is 2.43. The third kappa shape index (κ3) is 4.80. The lowest BCUT2D eigenvalue weighted by Gasteiger charge is -2.48. The molecule has 2 N–H and O–H groups in total. The van der Waals surface area contributed by atoms with Gasteiger partial charge in [0, 0.05) is 31.1 Å². The molecule has 0 bridgehead atoms. The zero-order valence-electron chi connectivity index (χ0n) is 18.4. The number of hydrogen-bond donors (Lipinski definition) is 2. The number of nitrogens with zero attached hydrogens (tertiary/aromatic N) is 6. The summed E-state index contributed by atoms with van der Waals surface area (Å²) in [5.41, 5.74) is -0.154. The molecule has 1 aliphatic heterocycles. The van der Waals surface area contributed by atoms with Crippen LogP contribution in [-0.2, 0) is 10.0 Å². The fraction of sp³-hybridized carbons (Fsp3) is 0.500. The zero-order valence-corrected chi connectivity index (χ0v) is 19.2. The molecule has 3 aromatic heterocycles. The molecule has 0 aromatic carbocycles. The van der Waals surface area contributed by atoms with Crippen LogP contribution in [0.25, 0.3) is 17.0 Å². The molecule has 4 rings (SSSR count). The van der Waals surface area contributed by atoms with Crippen molar-refractivity contribution in [2.45, 2.75) is 38.3 Å². The van der Waals surface area contributed by atoms with Crippen molar-refractivity contribution >= 4 is 21.5 Å². The molecule has 178 valence electrons. The van der Waals surface area contributed by atoms with Crippen LogP contribution in [0.5, 0.6) is 0 Å². The predicted octanol–water partition coefficient (Wildman–Crippen LogP) is 1.64. The van der Waals surface area contributed by atoms with Crippen molar-refractivity contribution < 1.29 is 22.3 Å². The second kappa shape index (κ2) is 8.54. The fourth-order valence-corrected chi connectivity index (χ4v) is 4.73. The summed E-state index contributed by atoms with van der Waals surface area (Å²) in [7, 11) is -3.42. The van der Waals surface area contributed by atoms with Gasteiger partial charge >= 0.3 is 0 Å². The topological polar surface area (TPSA) is 126 Å². The minimum absolute atomic E-state index is 0.0784. The van der Waals surface area contributed by atoms with Crippen LogP contribution in [0.15, 0.2) is 30.7 Å². The Bertz CT molecular complexity index is 1270. The van der Waals surface area contributed by atoms with Gasteiger partial charge in [0.1, 0.15) is 23.5 Å². The van der Waals surface area contributed by atoms with Crippen LogP contribution < -0.4 is 9.62 Å². The lowest BCUT2D eigenvalue weighted by molar-refractivity contribution is -0.0292. The molecule has 0 radical (unpaired) electrons. The maximum Gasteiger partial charge on any atom is 0.282 e. The van der Waals surface area contributed by atoms with Crippen LogP contribution in [0.1, 0.15) is 32.4 Å². The van der Waals surface area contributed by atoms with Crippen LogP contribution in [0.3, 0.4) is 0 Å². The summed E-state index contributed by atoms with van der Waals surface area (Å²) in [4.78, 5) is 14.8. The highest BCUT2D eigenvalue weighted by atomic mass is 32.2. The lowest BCUT2D eigenvalue weighted by atomic mass is 9.77. The number of rotatable bonds is 6. The molecule has 0 saturated carbocycles. The molecule has 4 heterocycles. The molecule has 1 aliphatic rings. The summed E-state index contributed by atoms with van der Waals surface area (Å²) >= 11 is 0. The van der Waals surface area contributed by atoms with Gasteiger partial charge in [-0.05, 0) is 32.4 Å². The second-order valence-electron chi connectivity index (χ2n) is 8.50. The van der Waals surface area contributed by atoms with E-state index in [0.717, 1.165) is 6.26 Å². The van der Waals surface area contributed by atoms with E-state index in [-0.39, 0.29) is 18.3 Å². The molecule has 10 nitrogen and oxygen atoms in total. The zero-order chi connectivity index (χ0) is 24.0. The molecule has 0 amide bonds. The molecular weight excluding hydrogens is 456 g/mol. The van der Waals surface area contributed by atoms with E-state index >= 15 is 0 Å². The van der Waals surface area contributed by atoms with Gasteiger partial charge in [-0.3, -0.25) is 0 Å². The minimum Gasteiger partial charge on any atom is -0.390 e. The minimum atomic E-state index is -3.42. The summed E-state index contributed by atoms with van der Waals surface area (Å²) < 4.78 is 53.3. The summed E-state index contributed by atoms with van der Waals surface area (Å²) in [5, 5.41) is 14.9. The molecule has 1 saturated heterocycles.